The smallest absolute Gasteiger partial charge is 0.270 e. The van der Waals surface area contributed by atoms with Gasteiger partial charge in [-0.15, -0.1) is 15.0 Å². The highest BCUT2D eigenvalue weighted by atomic mass is 16.6. The van der Waals surface area contributed by atoms with Crippen molar-refractivity contribution in [2.45, 2.75) is 12.5 Å². The second-order valence-electron chi connectivity index (χ2n) is 9.52. The number of nitrogens with zero attached hydrogens (tertiary/aromatic N) is 6. The highest BCUT2D eigenvalue weighted by Gasteiger charge is 2.41. The third kappa shape index (κ3) is 4.77. The fourth-order valence-corrected chi connectivity index (χ4v) is 5.20. The van der Waals surface area contributed by atoms with Gasteiger partial charge in [0.1, 0.15) is 0 Å². The van der Waals surface area contributed by atoms with Crippen LogP contribution in [0, 0.1) is 10.1 Å². The minimum absolute atomic E-state index is 0.0792. The number of ether oxygens (including phenoxy) is 1. The Morgan fingerprint density at radius 1 is 0.786 bits per heavy atom. The molecule has 0 aliphatic carbocycles. The molecule has 0 unspecified atom stereocenters. The van der Waals surface area contributed by atoms with Crippen LogP contribution in [-0.4, -0.2) is 36.7 Å². The summed E-state index contributed by atoms with van der Waals surface area (Å²) in [6, 6.07) is 38.2. The van der Waals surface area contributed by atoms with Gasteiger partial charge in [0.05, 0.1) is 11.5 Å². The van der Waals surface area contributed by atoms with E-state index in [1.165, 1.54) is 12.1 Å². The van der Waals surface area contributed by atoms with Crippen LogP contribution >= 0.6 is 0 Å². The van der Waals surface area contributed by atoms with Gasteiger partial charge < -0.3 is 4.74 Å². The van der Waals surface area contributed by atoms with Crippen molar-refractivity contribution in [2.75, 3.05) is 6.61 Å². The fraction of sp³-hybridized carbons (Fsp3) is 0.0909. The van der Waals surface area contributed by atoms with Crippen LogP contribution in [0.1, 0.15) is 23.6 Å². The van der Waals surface area contributed by atoms with Gasteiger partial charge in [-0.3, -0.25) is 10.1 Å². The van der Waals surface area contributed by atoms with Gasteiger partial charge in [-0.2, -0.15) is 0 Å². The van der Waals surface area contributed by atoms with Gasteiger partial charge in [0.25, 0.3) is 5.69 Å². The first-order valence-corrected chi connectivity index (χ1v) is 13.5. The summed E-state index contributed by atoms with van der Waals surface area (Å²) >= 11 is 0. The van der Waals surface area contributed by atoms with E-state index < -0.39 is 10.5 Å². The molecular weight excluding hydrogens is 528 g/mol. The average molecular weight is 555 g/mol. The Morgan fingerprint density at radius 2 is 1.38 bits per heavy atom. The Hall–Kier alpha value is -5.70. The van der Waals surface area contributed by atoms with Crippen molar-refractivity contribution >= 4 is 5.69 Å². The predicted molar refractivity (Wildman–Crippen MR) is 159 cm³/mol. The second kappa shape index (κ2) is 11.4. The zero-order valence-electron chi connectivity index (χ0n) is 22.7. The van der Waals surface area contributed by atoms with Crippen LogP contribution < -0.4 is 4.74 Å². The molecule has 6 aromatic rings. The maximum absolute atomic E-state index is 11.8. The molecule has 2 aromatic heterocycles. The quantitative estimate of drug-likeness (QED) is 0.113. The largest absolute Gasteiger partial charge is 0.478 e. The van der Waals surface area contributed by atoms with Crippen LogP contribution in [0.4, 0.5) is 5.69 Å². The minimum atomic E-state index is -0.976. The zero-order chi connectivity index (χ0) is 28.9. The van der Waals surface area contributed by atoms with E-state index in [1.807, 2.05) is 104 Å². The van der Waals surface area contributed by atoms with Crippen molar-refractivity contribution in [2.24, 2.45) is 0 Å². The standard InChI is InChI=1S/C33H26N6O3/c1-2-42-31-21-18-24(23-34-31)29-20-19-28(38(40)41)22-30(29)32-35-37-39(36-32)33(25-12-6-3-7-13-25,26-14-8-4-9-15-26)27-16-10-5-11-17-27/h3-23H,2H2,1H3. The van der Waals surface area contributed by atoms with E-state index in [0.29, 0.717) is 23.6 Å². The number of nitro groups is 1. The molecule has 9 heteroatoms. The molecular formula is C33H26N6O3. The number of rotatable bonds is 9. The molecule has 0 N–H and O–H groups in total. The maximum Gasteiger partial charge on any atom is 0.270 e. The topological polar surface area (TPSA) is 109 Å². The zero-order valence-corrected chi connectivity index (χ0v) is 22.7. The first kappa shape index (κ1) is 26.5. The van der Waals surface area contributed by atoms with E-state index in [0.717, 1.165) is 22.3 Å². The van der Waals surface area contributed by atoms with E-state index in [9.17, 15) is 10.1 Å². The monoisotopic (exact) mass is 554 g/mol. The maximum atomic E-state index is 11.8. The number of hydrogen-bond donors (Lipinski definition) is 0. The Labute approximate surface area is 242 Å². The molecule has 0 spiro atoms. The lowest BCUT2D eigenvalue weighted by atomic mass is 9.77. The molecule has 0 bridgehead atoms. The van der Waals surface area contributed by atoms with Crippen molar-refractivity contribution in [3.63, 3.8) is 0 Å². The number of benzene rings is 4. The number of pyridine rings is 1. The Kier molecular flexibility index (Phi) is 7.21. The first-order chi connectivity index (χ1) is 20.6. The first-order valence-electron chi connectivity index (χ1n) is 13.5. The molecule has 0 radical (unpaired) electrons. The lowest BCUT2D eigenvalue weighted by Crippen LogP contribution is -2.39. The number of non-ortho nitro benzene ring substituents is 1. The molecule has 42 heavy (non-hydrogen) atoms. The molecule has 0 atom stereocenters. The van der Waals surface area contributed by atoms with Gasteiger partial charge in [-0.05, 0) is 46.5 Å². The summed E-state index contributed by atoms with van der Waals surface area (Å²) in [7, 11) is 0. The lowest BCUT2D eigenvalue weighted by molar-refractivity contribution is -0.384. The van der Waals surface area contributed by atoms with Gasteiger partial charge in [0.2, 0.25) is 11.7 Å². The Bertz CT molecular complexity index is 1710. The number of nitro benzene ring substituents is 1. The van der Waals surface area contributed by atoms with Crippen LogP contribution in [0.25, 0.3) is 22.5 Å². The van der Waals surface area contributed by atoms with Gasteiger partial charge in [0.15, 0.2) is 5.54 Å². The molecule has 0 aliphatic rings. The van der Waals surface area contributed by atoms with Crippen LogP contribution in [-0.2, 0) is 5.54 Å². The number of tetrazole rings is 1. The second-order valence-corrected chi connectivity index (χ2v) is 9.52. The summed E-state index contributed by atoms with van der Waals surface area (Å²) in [5.41, 5.74) is 3.62. The van der Waals surface area contributed by atoms with Gasteiger partial charge >= 0.3 is 0 Å². The minimum Gasteiger partial charge on any atom is -0.478 e. The fourth-order valence-electron chi connectivity index (χ4n) is 5.20. The van der Waals surface area contributed by atoms with E-state index in [4.69, 9.17) is 9.84 Å². The van der Waals surface area contributed by atoms with Crippen LogP contribution in [0.3, 0.4) is 0 Å². The van der Waals surface area contributed by atoms with Gasteiger partial charge in [0, 0.05) is 35.5 Å². The highest BCUT2D eigenvalue weighted by molar-refractivity contribution is 5.81. The SMILES string of the molecule is CCOc1ccc(-c2ccc([N+](=O)[O-])cc2-c2nnn(C(c3ccccc3)(c3ccccc3)c3ccccc3)n2)cn1. The van der Waals surface area contributed by atoms with E-state index in [2.05, 4.69) is 15.3 Å². The van der Waals surface area contributed by atoms with Crippen LogP contribution in [0.15, 0.2) is 128 Å². The lowest BCUT2D eigenvalue weighted by Gasteiger charge is -2.34. The molecule has 206 valence electrons. The molecule has 9 nitrogen and oxygen atoms in total. The number of hydrogen-bond acceptors (Lipinski definition) is 7. The summed E-state index contributed by atoms with van der Waals surface area (Å²) in [5.74, 6) is 0.738. The molecule has 0 saturated carbocycles. The van der Waals surface area contributed by atoms with Gasteiger partial charge in [-0.1, -0.05) is 91.0 Å². The van der Waals surface area contributed by atoms with Crippen LogP contribution in [0.5, 0.6) is 5.88 Å². The summed E-state index contributed by atoms with van der Waals surface area (Å²) in [4.78, 5) is 17.3. The van der Waals surface area contributed by atoms with E-state index >= 15 is 0 Å². The molecule has 0 saturated heterocycles. The number of aromatic nitrogens is 5. The summed E-state index contributed by atoms with van der Waals surface area (Å²) in [6.45, 7) is 2.38. The van der Waals surface area contributed by atoms with Crippen molar-refractivity contribution in [1.82, 2.24) is 25.2 Å². The van der Waals surface area contributed by atoms with Crippen molar-refractivity contribution in [3.05, 3.63) is 154 Å². The van der Waals surface area contributed by atoms with Crippen LogP contribution in [0.2, 0.25) is 0 Å². The summed E-state index contributed by atoms with van der Waals surface area (Å²) in [6.07, 6.45) is 1.67. The van der Waals surface area contributed by atoms with E-state index in [-0.39, 0.29) is 11.5 Å². The molecule has 6 rings (SSSR count). The van der Waals surface area contributed by atoms with Crippen molar-refractivity contribution in [3.8, 4) is 28.4 Å². The molecule has 2 heterocycles. The highest BCUT2D eigenvalue weighted by Crippen LogP contribution is 2.40. The van der Waals surface area contributed by atoms with Crippen molar-refractivity contribution in [1.29, 1.82) is 0 Å². The van der Waals surface area contributed by atoms with Crippen molar-refractivity contribution < 1.29 is 9.66 Å². The Morgan fingerprint density at radius 3 is 1.88 bits per heavy atom. The molecule has 0 aliphatic heterocycles. The normalized spacial score (nSPS) is 11.3. The van der Waals surface area contributed by atoms with E-state index in [1.54, 1.807) is 23.1 Å². The third-order valence-corrected chi connectivity index (χ3v) is 7.08. The average Bonchev–Trinajstić information content (AvgIpc) is 3.54. The summed E-state index contributed by atoms with van der Waals surface area (Å²) in [5, 5.41) is 25.8. The molecule has 4 aromatic carbocycles. The third-order valence-electron chi connectivity index (χ3n) is 7.08. The summed E-state index contributed by atoms with van der Waals surface area (Å²) < 4.78 is 5.49. The predicted octanol–water partition coefficient (Wildman–Crippen LogP) is 6.55. The molecule has 0 fully saturated rings. The molecule has 0 amide bonds. The van der Waals surface area contributed by atoms with Gasteiger partial charge in [-0.25, -0.2) is 4.98 Å². The Balaban J connectivity index is 1.58.